The van der Waals surface area contributed by atoms with Crippen molar-refractivity contribution in [2.24, 2.45) is 11.8 Å². The predicted octanol–water partition coefficient (Wildman–Crippen LogP) is 1.63. The smallest absolute Gasteiger partial charge is 0.203 e. The van der Waals surface area contributed by atoms with Crippen molar-refractivity contribution in [2.75, 3.05) is 21.3 Å². The monoisotopic (exact) mass is 252 g/mol. The molecule has 0 radical (unpaired) electrons. The van der Waals surface area contributed by atoms with E-state index in [1.54, 1.807) is 21.3 Å². The second kappa shape index (κ2) is 5.46. The van der Waals surface area contributed by atoms with Gasteiger partial charge in [0.1, 0.15) is 0 Å². The van der Waals surface area contributed by atoms with Crippen molar-refractivity contribution in [1.82, 2.24) is 5.43 Å². The molecule has 1 aromatic rings. The van der Waals surface area contributed by atoms with Gasteiger partial charge in [0, 0.05) is 5.56 Å². The van der Waals surface area contributed by atoms with Gasteiger partial charge in [0.2, 0.25) is 5.75 Å². The molecule has 0 bridgehead atoms. The molecule has 2 rings (SSSR count). The summed E-state index contributed by atoms with van der Waals surface area (Å²) in [4.78, 5) is 0. The minimum absolute atomic E-state index is 0.0970. The Morgan fingerprint density at radius 3 is 2.22 bits per heavy atom. The van der Waals surface area contributed by atoms with Crippen LogP contribution in [-0.2, 0) is 0 Å². The molecule has 18 heavy (non-hydrogen) atoms. The van der Waals surface area contributed by atoms with Gasteiger partial charge in [0.15, 0.2) is 11.5 Å². The Morgan fingerprint density at radius 2 is 1.78 bits per heavy atom. The van der Waals surface area contributed by atoms with E-state index in [0.29, 0.717) is 23.2 Å². The van der Waals surface area contributed by atoms with E-state index in [1.807, 2.05) is 12.1 Å². The van der Waals surface area contributed by atoms with Gasteiger partial charge in [-0.25, -0.2) is 0 Å². The van der Waals surface area contributed by atoms with Gasteiger partial charge in [-0.05, 0) is 30.9 Å². The average Bonchev–Trinajstić information content (AvgIpc) is 3.23. The Hall–Kier alpha value is -1.46. The van der Waals surface area contributed by atoms with E-state index in [0.717, 1.165) is 5.56 Å². The van der Waals surface area contributed by atoms with Crippen LogP contribution in [0.3, 0.4) is 0 Å². The number of nitrogens with two attached hydrogens (primary N) is 1. The van der Waals surface area contributed by atoms with Gasteiger partial charge in [-0.3, -0.25) is 11.3 Å². The van der Waals surface area contributed by atoms with E-state index in [4.69, 9.17) is 20.1 Å². The molecule has 5 heteroatoms. The first-order chi connectivity index (χ1) is 8.76. The van der Waals surface area contributed by atoms with Gasteiger partial charge >= 0.3 is 0 Å². The van der Waals surface area contributed by atoms with Gasteiger partial charge in [0.25, 0.3) is 0 Å². The van der Waals surface area contributed by atoms with E-state index in [2.05, 4.69) is 5.43 Å². The van der Waals surface area contributed by atoms with Crippen molar-refractivity contribution in [2.45, 2.75) is 18.9 Å². The first-order valence-corrected chi connectivity index (χ1v) is 6.01. The van der Waals surface area contributed by atoms with Gasteiger partial charge < -0.3 is 14.2 Å². The molecule has 1 aliphatic rings. The highest BCUT2D eigenvalue weighted by atomic mass is 16.5. The van der Waals surface area contributed by atoms with Crippen LogP contribution in [0.15, 0.2) is 12.1 Å². The molecule has 0 heterocycles. The predicted molar refractivity (Wildman–Crippen MR) is 68.9 cm³/mol. The third-order valence-electron chi connectivity index (χ3n) is 3.34. The zero-order valence-corrected chi connectivity index (χ0v) is 11.0. The Bertz CT molecular complexity index is 419. The van der Waals surface area contributed by atoms with Crippen molar-refractivity contribution >= 4 is 0 Å². The van der Waals surface area contributed by atoms with Crippen molar-refractivity contribution in [3.63, 3.8) is 0 Å². The van der Waals surface area contributed by atoms with Crippen molar-refractivity contribution in [1.29, 1.82) is 0 Å². The van der Waals surface area contributed by atoms with Crippen molar-refractivity contribution in [3.8, 4) is 17.2 Å². The van der Waals surface area contributed by atoms with Crippen LogP contribution in [0.1, 0.15) is 24.4 Å². The quantitative estimate of drug-likeness (QED) is 0.595. The fraction of sp³-hybridized carbons (Fsp3) is 0.538. The molecular formula is C13H20N2O3. The maximum Gasteiger partial charge on any atom is 0.203 e. The molecule has 1 fully saturated rings. The lowest BCUT2D eigenvalue weighted by atomic mass is 10.0. The molecule has 0 aliphatic heterocycles. The lowest BCUT2D eigenvalue weighted by molar-refractivity contribution is 0.317. The summed E-state index contributed by atoms with van der Waals surface area (Å²) in [6.07, 6.45) is 2.37. The molecule has 3 N–H and O–H groups in total. The Morgan fingerprint density at radius 1 is 1.11 bits per heavy atom. The Kier molecular flexibility index (Phi) is 3.93. The van der Waals surface area contributed by atoms with Gasteiger partial charge in [-0.1, -0.05) is 0 Å². The maximum absolute atomic E-state index is 5.65. The summed E-state index contributed by atoms with van der Waals surface area (Å²) in [5.74, 6) is 8.18. The topological polar surface area (TPSA) is 65.7 Å². The molecule has 0 saturated heterocycles. The summed E-state index contributed by atoms with van der Waals surface area (Å²) in [7, 11) is 4.84. The van der Waals surface area contributed by atoms with Crippen molar-refractivity contribution < 1.29 is 14.2 Å². The standard InChI is InChI=1S/C13H20N2O3/c1-16-10-7-6-9(11(15-14)8-4-5-8)12(17-2)13(10)18-3/h6-8,11,15H,4-5,14H2,1-3H3. The first kappa shape index (κ1) is 13.0. The molecule has 1 aromatic carbocycles. The summed E-state index contributed by atoms with van der Waals surface area (Å²) in [6.45, 7) is 0. The number of hydrazine groups is 1. The molecule has 0 amide bonds. The van der Waals surface area contributed by atoms with E-state index in [-0.39, 0.29) is 6.04 Å². The maximum atomic E-state index is 5.65. The summed E-state index contributed by atoms with van der Waals surface area (Å²) in [5, 5.41) is 0. The summed E-state index contributed by atoms with van der Waals surface area (Å²) in [6, 6.07) is 3.95. The highest BCUT2D eigenvalue weighted by molar-refractivity contribution is 5.56. The van der Waals surface area contributed by atoms with Gasteiger partial charge in [-0.2, -0.15) is 0 Å². The van der Waals surface area contributed by atoms with E-state index >= 15 is 0 Å². The molecular weight excluding hydrogens is 232 g/mol. The Labute approximate surface area is 107 Å². The molecule has 1 saturated carbocycles. The third kappa shape index (κ3) is 2.23. The fourth-order valence-corrected chi connectivity index (χ4v) is 2.28. The van der Waals surface area contributed by atoms with Crippen LogP contribution >= 0.6 is 0 Å². The lowest BCUT2D eigenvalue weighted by Crippen LogP contribution is -2.29. The third-order valence-corrected chi connectivity index (χ3v) is 3.34. The average molecular weight is 252 g/mol. The second-order valence-corrected chi connectivity index (χ2v) is 4.41. The fourth-order valence-electron chi connectivity index (χ4n) is 2.28. The number of hydrogen-bond acceptors (Lipinski definition) is 5. The largest absolute Gasteiger partial charge is 0.493 e. The molecule has 1 atom stereocenters. The molecule has 100 valence electrons. The molecule has 0 spiro atoms. The van der Waals surface area contributed by atoms with Crippen LogP contribution in [0.25, 0.3) is 0 Å². The SMILES string of the molecule is COc1ccc(C(NN)C2CC2)c(OC)c1OC. The van der Waals surface area contributed by atoms with E-state index in [9.17, 15) is 0 Å². The van der Waals surface area contributed by atoms with Crippen LogP contribution in [0.5, 0.6) is 17.2 Å². The zero-order valence-electron chi connectivity index (χ0n) is 11.0. The minimum atomic E-state index is 0.0970. The second-order valence-electron chi connectivity index (χ2n) is 4.41. The lowest BCUT2D eigenvalue weighted by Gasteiger charge is -2.21. The van der Waals surface area contributed by atoms with Gasteiger partial charge in [0.05, 0.1) is 27.4 Å². The molecule has 5 nitrogen and oxygen atoms in total. The molecule has 1 unspecified atom stereocenters. The number of methoxy groups -OCH3 is 3. The van der Waals surface area contributed by atoms with Crippen LogP contribution < -0.4 is 25.5 Å². The highest BCUT2D eigenvalue weighted by Crippen LogP contribution is 2.48. The number of nitrogens with one attached hydrogen (secondary N) is 1. The number of ether oxygens (including phenoxy) is 3. The number of rotatable bonds is 6. The van der Waals surface area contributed by atoms with Gasteiger partial charge in [-0.15, -0.1) is 0 Å². The first-order valence-electron chi connectivity index (χ1n) is 6.01. The van der Waals surface area contributed by atoms with E-state index in [1.165, 1.54) is 12.8 Å². The van der Waals surface area contributed by atoms with E-state index < -0.39 is 0 Å². The minimum Gasteiger partial charge on any atom is -0.493 e. The van der Waals surface area contributed by atoms with Crippen molar-refractivity contribution in [3.05, 3.63) is 17.7 Å². The summed E-state index contributed by atoms with van der Waals surface area (Å²) in [5.41, 5.74) is 3.88. The van der Waals surface area contributed by atoms with Crippen LogP contribution in [0, 0.1) is 5.92 Å². The number of hydrogen-bond donors (Lipinski definition) is 2. The molecule has 0 aromatic heterocycles. The normalized spacial score (nSPS) is 16.2. The highest BCUT2D eigenvalue weighted by Gasteiger charge is 2.34. The zero-order chi connectivity index (χ0) is 13.1. The summed E-state index contributed by atoms with van der Waals surface area (Å²) >= 11 is 0. The molecule has 1 aliphatic carbocycles. The van der Waals surface area contributed by atoms with Crippen LogP contribution in [-0.4, -0.2) is 21.3 Å². The van der Waals surface area contributed by atoms with Crippen LogP contribution in [0.2, 0.25) is 0 Å². The van der Waals surface area contributed by atoms with Crippen LogP contribution in [0.4, 0.5) is 0 Å². The Balaban J connectivity index is 2.46. The summed E-state index contributed by atoms with van der Waals surface area (Å²) < 4.78 is 16.1. The number of benzene rings is 1.